The number of piperidine rings is 1. The van der Waals surface area contributed by atoms with Gasteiger partial charge in [-0.15, -0.1) is 0 Å². The molecule has 0 radical (unpaired) electrons. The first kappa shape index (κ1) is 20.3. The van der Waals surface area contributed by atoms with Crippen molar-refractivity contribution < 1.29 is 9.32 Å². The van der Waals surface area contributed by atoms with Gasteiger partial charge in [-0.05, 0) is 45.4 Å². The van der Waals surface area contributed by atoms with Crippen molar-refractivity contribution in [2.45, 2.75) is 32.6 Å². The molecule has 1 fully saturated rings. The van der Waals surface area contributed by atoms with Gasteiger partial charge in [-0.1, -0.05) is 11.2 Å². The molecule has 1 saturated heterocycles. The number of amides is 1. The van der Waals surface area contributed by atoms with E-state index in [9.17, 15) is 4.79 Å². The van der Waals surface area contributed by atoms with E-state index in [0.717, 1.165) is 54.2 Å². The number of hydrogen-bond donors (Lipinski definition) is 1. The minimum absolute atomic E-state index is 0.0646. The van der Waals surface area contributed by atoms with Crippen LogP contribution in [0, 0.1) is 13.8 Å². The minimum atomic E-state index is -0.0646. The standard InChI is InChI=1S/C23H25N7O2/c1-15-11-21-25-12-18(19-10-16(2)28-32-19)23(30(21)27-15)17-6-5-9-29(13-17)14-22(31)26-20-7-3-4-8-24-20/h3-4,7-8,10-12,17H,5-6,9,13-14H2,1-2H3,(H,24,26,31). The molecule has 1 amide bonds. The van der Waals surface area contributed by atoms with Gasteiger partial charge in [0.25, 0.3) is 0 Å². The summed E-state index contributed by atoms with van der Waals surface area (Å²) in [6.45, 7) is 5.80. The largest absolute Gasteiger partial charge is 0.356 e. The summed E-state index contributed by atoms with van der Waals surface area (Å²) in [5.41, 5.74) is 4.48. The number of fused-ring (bicyclic) bond motifs is 1. The number of carbonyl (C=O) groups excluding carboxylic acids is 1. The molecule has 0 saturated carbocycles. The number of aryl methyl sites for hydroxylation is 2. The van der Waals surface area contributed by atoms with Gasteiger partial charge in [-0.2, -0.15) is 5.10 Å². The zero-order valence-electron chi connectivity index (χ0n) is 18.2. The molecule has 1 atom stereocenters. The van der Waals surface area contributed by atoms with E-state index in [1.807, 2.05) is 48.8 Å². The van der Waals surface area contributed by atoms with E-state index in [1.54, 1.807) is 12.3 Å². The number of aromatic nitrogens is 5. The van der Waals surface area contributed by atoms with Crippen LogP contribution in [0.4, 0.5) is 5.82 Å². The molecule has 9 heteroatoms. The van der Waals surface area contributed by atoms with Crippen LogP contribution in [-0.4, -0.2) is 55.2 Å². The number of carbonyl (C=O) groups is 1. The number of pyridine rings is 1. The summed E-state index contributed by atoms with van der Waals surface area (Å²) in [6.07, 6.45) is 5.50. The lowest BCUT2D eigenvalue weighted by atomic mass is 9.91. The molecule has 32 heavy (non-hydrogen) atoms. The molecule has 164 valence electrons. The Morgan fingerprint density at radius 3 is 2.91 bits per heavy atom. The lowest BCUT2D eigenvalue weighted by Crippen LogP contribution is -2.40. The second-order valence-corrected chi connectivity index (χ2v) is 8.28. The molecule has 9 nitrogen and oxygen atoms in total. The fraction of sp³-hybridized carbons (Fsp3) is 0.348. The number of hydrogen-bond acceptors (Lipinski definition) is 7. The Kier molecular flexibility index (Phi) is 5.40. The monoisotopic (exact) mass is 431 g/mol. The van der Waals surface area contributed by atoms with Gasteiger partial charge in [0.15, 0.2) is 11.4 Å². The maximum Gasteiger partial charge on any atom is 0.239 e. The highest BCUT2D eigenvalue weighted by molar-refractivity contribution is 5.91. The maximum atomic E-state index is 12.6. The highest BCUT2D eigenvalue weighted by atomic mass is 16.5. The second-order valence-electron chi connectivity index (χ2n) is 8.28. The van der Waals surface area contributed by atoms with Crippen LogP contribution >= 0.6 is 0 Å². The van der Waals surface area contributed by atoms with Gasteiger partial charge in [0.1, 0.15) is 5.82 Å². The summed E-state index contributed by atoms with van der Waals surface area (Å²) in [6, 6.07) is 9.36. The number of nitrogens with one attached hydrogen (secondary N) is 1. The Morgan fingerprint density at radius 2 is 2.12 bits per heavy atom. The second kappa shape index (κ2) is 8.51. The fourth-order valence-corrected chi connectivity index (χ4v) is 4.38. The lowest BCUT2D eigenvalue weighted by molar-refractivity contribution is -0.117. The van der Waals surface area contributed by atoms with Gasteiger partial charge in [0.2, 0.25) is 5.91 Å². The molecule has 1 unspecified atom stereocenters. The van der Waals surface area contributed by atoms with E-state index in [2.05, 4.69) is 25.3 Å². The molecule has 4 aromatic rings. The van der Waals surface area contributed by atoms with Crippen LogP contribution in [0.1, 0.15) is 35.8 Å². The molecule has 1 N–H and O–H groups in total. The van der Waals surface area contributed by atoms with Gasteiger partial charge in [-0.25, -0.2) is 14.5 Å². The van der Waals surface area contributed by atoms with Gasteiger partial charge in [-0.3, -0.25) is 9.69 Å². The van der Waals surface area contributed by atoms with Crippen LogP contribution in [0.25, 0.3) is 17.0 Å². The molecule has 0 spiro atoms. The highest BCUT2D eigenvalue weighted by Crippen LogP contribution is 2.34. The summed E-state index contributed by atoms with van der Waals surface area (Å²) in [5, 5.41) is 11.6. The van der Waals surface area contributed by atoms with E-state index in [-0.39, 0.29) is 11.8 Å². The molecule has 0 aromatic carbocycles. The summed E-state index contributed by atoms with van der Waals surface area (Å²) in [4.78, 5) is 23.5. The maximum absolute atomic E-state index is 12.6. The van der Waals surface area contributed by atoms with Crippen LogP contribution in [0.3, 0.4) is 0 Å². The molecule has 0 bridgehead atoms. The molecule has 1 aliphatic rings. The summed E-state index contributed by atoms with van der Waals surface area (Å²) in [7, 11) is 0. The third-order valence-corrected chi connectivity index (χ3v) is 5.73. The highest BCUT2D eigenvalue weighted by Gasteiger charge is 2.29. The molecule has 1 aliphatic heterocycles. The van der Waals surface area contributed by atoms with Gasteiger partial charge in [0, 0.05) is 37.0 Å². The Bertz CT molecular complexity index is 1250. The Hall–Kier alpha value is -3.59. The Morgan fingerprint density at radius 1 is 1.22 bits per heavy atom. The minimum Gasteiger partial charge on any atom is -0.356 e. The van der Waals surface area contributed by atoms with Gasteiger partial charge >= 0.3 is 0 Å². The molecule has 0 aliphatic carbocycles. The SMILES string of the molecule is Cc1cc(-c2cnc3cc(C)nn3c2C2CCCN(CC(=O)Nc3ccccn3)C2)on1. The number of nitrogens with zero attached hydrogens (tertiary/aromatic N) is 6. The smallest absolute Gasteiger partial charge is 0.239 e. The normalized spacial score (nSPS) is 17.0. The third-order valence-electron chi connectivity index (χ3n) is 5.73. The van der Waals surface area contributed by atoms with Crippen molar-refractivity contribution in [3.63, 3.8) is 0 Å². The molecule has 4 aromatic heterocycles. The molecule has 5 heterocycles. The van der Waals surface area contributed by atoms with Crippen molar-refractivity contribution in [2.24, 2.45) is 0 Å². The number of anilines is 1. The van der Waals surface area contributed by atoms with Crippen molar-refractivity contribution in [2.75, 3.05) is 25.0 Å². The summed E-state index contributed by atoms with van der Waals surface area (Å²) < 4.78 is 7.50. The van der Waals surface area contributed by atoms with Crippen LogP contribution in [-0.2, 0) is 4.79 Å². The first-order chi connectivity index (χ1) is 15.6. The van der Waals surface area contributed by atoms with Crippen LogP contribution in [0.15, 0.2) is 47.2 Å². The number of likely N-dealkylation sites (tertiary alicyclic amines) is 1. The van der Waals surface area contributed by atoms with Crippen molar-refractivity contribution in [1.82, 2.24) is 29.6 Å². The Balaban J connectivity index is 1.42. The molecule has 5 rings (SSSR count). The van der Waals surface area contributed by atoms with Gasteiger partial charge < -0.3 is 9.84 Å². The summed E-state index contributed by atoms with van der Waals surface area (Å²) >= 11 is 0. The summed E-state index contributed by atoms with van der Waals surface area (Å²) in [5.74, 6) is 1.36. The van der Waals surface area contributed by atoms with Crippen molar-refractivity contribution >= 4 is 17.4 Å². The predicted molar refractivity (Wildman–Crippen MR) is 119 cm³/mol. The Labute approximate surface area is 185 Å². The van der Waals surface area contributed by atoms with Crippen LogP contribution in [0.5, 0.6) is 0 Å². The topological polar surface area (TPSA) is 101 Å². The van der Waals surface area contributed by atoms with Crippen molar-refractivity contribution in [1.29, 1.82) is 0 Å². The number of rotatable bonds is 5. The van der Waals surface area contributed by atoms with E-state index < -0.39 is 0 Å². The zero-order valence-corrected chi connectivity index (χ0v) is 18.2. The predicted octanol–water partition coefficient (Wildman–Crippen LogP) is 3.21. The molecular weight excluding hydrogens is 406 g/mol. The first-order valence-electron chi connectivity index (χ1n) is 10.8. The van der Waals surface area contributed by atoms with E-state index in [0.29, 0.717) is 18.1 Å². The van der Waals surface area contributed by atoms with E-state index >= 15 is 0 Å². The average molecular weight is 432 g/mol. The van der Waals surface area contributed by atoms with Crippen LogP contribution in [0.2, 0.25) is 0 Å². The van der Waals surface area contributed by atoms with E-state index in [4.69, 9.17) is 9.62 Å². The van der Waals surface area contributed by atoms with Crippen molar-refractivity contribution in [3.8, 4) is 11.3 Å². The van der Waals surface area contributed by atoms with Gasteiger partial charge in [0.05, 0.1) is 29.2 Å². The average Bonchev–Trinajstić information content (AvgIpc) is 3.38. The van der Waals surface area contributed by atoms with Crippen molar-refractivity contribution in [3.05, 3.63) is 59.8 Å². The molecular formula is C23H25N7O2. The quantitative estimate of drug-likeness (QED) is 0.518. The van der Waals surface area contributed by atoms with E-state index in [1.165, 1.54) is 0 Å². The zero-order chi connectivity index (χ0) is 22.1. The fourth-order valence-electron chi connectivity index (χ4n) is 4.38. The third kappa shape index (κ3) is 4.11. The lowest BCUT2D eigenvalue weighted by Gasteiger charge is -2.33. The van der Waals surface area contributed by atoms with Crippen LogP contribution < -0.4 is 5.32 Å². The first-order valence-corrected chi connectivity index (χ1v) is 10.8.